The molecule has 2 aromatic carbocycles. The Kier molecular flexibility index (Phi) is 4.31. The monoisotopic (exact) mass is 361 g/mol. The van der Waals surface area contributed by atoms with Crippen molar-refractivity contribution in [1.29, 1.82) is 0 Å². The molecular formula is C19H14F3NO3. The van der Waals surface area contributed by atoms with Crippen LogP contribution in [0.15, 0.2) is 57.7 Å². The normalized spacial score (nSPS) is 11.6. The lowest BCUT2D eigenvalue weighted by atomic mass is 9.99. The minimum atomic E-state index is -4.99. The molecule has 0 spiro atoms. The largest absolute Gasteiger partial charge is 0.471 e. The molecule has 0 aliphatic heterocycles. The van der Waals surface area contributed by atoms with Crippen molar-refractivity contribution in [2.45, 2.75) is 13.1 Å². The lowest BCUT2D eigenvalue weighted by Gasteiger charge is -2.22. The van der Waals surface area contributed by atoms with Gasteiger partial charge in [-0.2, -0.15) is 13.2 Å². The number of para-hydroxylation sites is 1. The van der Waals surface area contributed by atoms with Gasteiger partial charge in [0.15, 0.2) is 0 Å². The third-order valence-corrected chi connectivity index (χ3v) is 4.15. The van der Waals surface area contributed by atoms with E-state index in [4.69, 9.17) is 4.42 Å². The van der Waals surface area contributed by atoms with Crippen LogP contribution in [0.2, 0.25) is 0 Å². The van der Waals surface area contributed by atoms with E-state index in [2.05, 4.69) is 0 Å². The van der Waals surface area contributed by atoms with Gasteiger partial charge < -0.3 is 9.32 Å². The number of amides is 1. The fourth-order valence-electron chi connectivity index (χ4n) is 2.83. The van der Waals surface area contributed by atoms with Crippen molar-refractivity contribution >= 4 is 22.6 Å². The van der Waals surface area contributed by atoms with Crippen LogP contribution in [-0.4, -0.2) is 19.1 Å². The molecule has 0 saturated carbocycles. The predicted octanol–water partition coefficient (Wildman–Crippen LogP) is 4.29. The Morgan fingerprint density at radius 1 is 1.04 bits per heavy atom. The summed E-state index contributed by atoms with van der Waals surface area (Å²) in [4.78, 5) is 24.4. The molecule has 7 heteroatoms. The lowest BCUT2D eigenvalue weighted by Crippen LogP contribution is -2.38. The van der Waals surface area contributed by atoms with Gasteiger partial charge in [0, 0.05) is 18.1 Å². The molecule has 3 rings (SSSR count). The Morgan fingerprint density at radius 2 is 1.73 bits per heavy atom. The highest BCUT2D eigenvalue weighted by Gasteiger charge is 2.42. The number of fused-ring (bicyclic) bond motifs is 1. The maximum absolute atomic E-state index is 12.7. The smallest absolute Gasteiger partial charge is 0.422 e. The Balaban J connectivity index is 2.15. The van der Waals surface area contributed by atoms with Gasteiger partial charge in [0.1, 0.15) is 5.58 Å². The van der Waals surface area contributed by atoms with Gasteiger partial charge in [0.2, 0.25) is 0 Å². The van der Waals surface area contributed by atoms with E-state index in [9.17, 15) is 22.8 Å². The molecule has 0 unspecified atom stereocenters. The summed E-state index contributed by atoms with van der Waals surface area (Å²) in [7, 11) is 1.05. The summed E-state index contributed by atoms with van der Waals surface area (Å²) in [6.45, 7) is 1.56. The maximum Gasteiger partial charge on any atom is 0.471 e. The fraction of sp³-hybridized carbons (Fsp3) is 0.158. The van der Waals surface area contributed by atoms with E-state index < -0.39 is 17.7 Å². The van der Waals surface area contributed by atoms with Gasteiger partial charge in [-0.15, -0.1) is 0 Å². The number of carbonyl (C=O) groups excluding carboxylic acids is 1. The number of hydrogen-bond donors (Lipinski definition) is 0. The molecule has 134 valence electrons. The highest BCUT2D eigenvalue weighted by atomic mass is 19.4. The van der Waals surface area contributed by atoms with Gasteiger partial charge in [-0.1, -0.05) is 30.3 Å². The van der Waals surface area contributed by atoms with E-state index in [1.165, 1.54) is 12.1 Å². The number of halogens is 3. The standard InChI is InChI=1S/C19H14F3NO3/c1-11-13(7-5-8-15(11)23(2)18(25)19(20,21)22)14-10-12-6-3-4-9-16(12)26-17(14)24/h3-10H,1-2H3. The van der Waals surface area contributed by atoms with Crippen molar-refractivity contribution in [3.05, 3.63) is 64.5 Å². The van der Waals surface area contributed by atoms with E-state index >= 15 is 0 Å². The molecule has 26 heavy (non-hydrogen) atoms. The average molecular weight is 361 g/mol. The Morgan fingerprint density at radius 3 is 2.42 bits per heavy atom. The van der Waals surface area contributed by atoms with Crippen LogP contribution < -0.4 is 10.5 Å². The molecule has 0 saturated heterocycles. The number of rotatable bonds is 2. The first-order valence-corrected chi connectivity index (χ1v) is 7.68. The SMILES string of the molecule is Cc1c(-c2cc3ccccc3oc2=O)cccc1N(C)C(=O)C(F)(F)F. The summed E-state index contributed by atoms with van der Waals surface area (Å²) in [6, 6.07) is 13.0. The first kappa shape index (κ1) is 17.7. The zero-order valence-corrected chi connectivity index (χ0v) is 13.9. The van der Waals surface area contributed by atoms with Crippen LogP contribution in [0, 0.1) is 6.92 Å². The fourth-order valence-corrected chi connectivity index (χ4v) is 2.83. The topological polar surface area (TPSA) is 50.5 Å². The van der Waals surface area contributed by atoms with E-state index in [-0.39, 0.29) is 11.3 Å². The van der Waals surface area contributed by atoms with Crippen LogP contribution in [-0.2, 0) is 4.79 Å². The molecular weight excluding hydrogens is 347 g/mol. The minimum absolute atomic E-state index is 0.0670. The van der Waals surface area contributed by atoms with E-state index in [0.717, 1.165) is 7.05 Å². The molecule has 1 aromatic heterocycles. The number of nitrogens with zero attached hydrogens (tertiary/aromatic N) is 1. The Hall–Kier alpha value is -3.09. The number of alkyl halides is 3. The Bertz CT molecular complexity index is 1050. The summed E-state index contributed by atoms with van der Waals surface area (Å²) >= 11 is 0. The molecule has 0 aliphatic rings. The van der Waals surface area contributed by atoms with Crippen LogP contribution >= 0.6 is 0 Å². The summed E-state index contributed by atoms with van der Waals surface area (Å²) in [6.07, 6.45) is -4.99. The van der Waals surface area contributed by atoms with Gasteiger partial charge in [-0.25, -0.2) is 4.79 Å². The zero-order valence-electron chi connectivity index (χ0n) is 13.9. The molecule has 0 atom stereocenters. The third kappa shape index (κ3) is 3.08. The van der Waals surface area contributed by atoms with Crippen LogP contribution in [0.5, 0.6) is 0 Å². The molecule has 0 aliphatic carbocycles. The average Bonchev–Trinajstić information content (AvgIpc) is 2.59. The summed E-state index contributed by atoms with van der Waals surface area (Å²) in [5.41, 5.74) is 0.875. The van der Waals surface area contributed by atoms with Crippen LogP contribution in [0.1, 0.15) is 5.56 Å². The molecule has 1 amide bonds. The summed E-state index contributed by atoms with van der Waals surface area (Å²) in [5, 5.41) is 0.687. The van der Waals surface area contributed by atoms with E-state index in [1.54, 1.807) is 43.3 Å². The second kappa shape index (κ2) is 6.33. The van der Waals surface area contributed by atoms with Gasteiger partial charge in [0.05, 0.1) is 5.56 Å². The van der Waals surface area contributed by atoms with Crippen molar-refractivity contribution in [3.8, 4) is 11.1 Å². The van der Waals surface area contributed by atoms with Crippen LogP contribution in [0.4, 0.5) is 18.9 Å². The van der Waals surface area contributed by atoms with Crippen molar-refractivity contribution in [3.63, 3.8) is 0 Å². The molecule has 0 fully saturated rings. The van der Waals surface area contributed by atoms with Gasteiger partial charge in [-0.3, -0.25) is 4.79 Å². The third-order valence-electron chi connectivity index (χ3n) is 4.15. The summed E-state index contributed by atoms with van der Waals surface area (Å²) in [5.74, 6) is -1.98. The second-order valence-corrected chi connectivity index (χ2v) is 5.80. The first-order chi connectivity index (χ1) is 12.2. The molecule has 0 N–H and O–H groups in total. The van der Waals surface area contributed by atoms with Gasteiger partial charge >= 0.3 is 17.7 Å². The number of benzene rings is 2. The lowest BCUT2D eigenvalue weighted by molar-refractivity contribution is -0.170. The van der Waals surface area contributed by atoms with E-state index in [1.807, 2.05) is 0 Å². The predicted molar refractivity (Wildman–Crippen MR) is 92.1 cm³/mol. The highest BCUT2D eigenvalue weighted by molar-refractivity contribution is 5.98. The van der Waals surface area contributed by atoms with Crippen molar-refractivity contribution in [2.24, 2.45) is 0 Å². The number of carbonyl (C=O) groups is 1. The van der Waals surface area contributed by atoms with Gasteiger partial charge in [-0.05, 0) is 36.2 Å². The second-order valence-electron chi connectivity index (χ2n) is 5.80. The number of hydrogen-bond acceptors (Lipinski definition) is 3. The minimum Gasteiger partial charge on any atom is -0.422 e. The maximum atomic E-state index is 12.7. The molecule has 1 heterocycles. The highest BCUT2D eigenvalue weighted by Crippen LogP contribution is 2.32. The Labute approximate surface area is 146 Å². The molecule has 4 nitrogen and oxygen atoms in total. The molecule has 3 aromatic rings. The zero-order chi connectivity index (χ0) is 19.1. The van der Waals surface area contributed by atoms with Crippen LogP contribution in [0.3, 0.4) is 0 Å². The van der Waals surface area contributed by atoms with Gasteiger partial charge in [0.25, 0.3) is 0 Å². The summed E-state index contributed by atoms with van der Waals surface area (Å²) < 4.78 is 43.5. The van der Waals surface area contributed by atoms with Crippen molar-refractivity contribution in [2.75, 3.05) is 11.9 Å². The first-order valence-electron chi connectivity index (χ1n) is 7.68. The van der Waals surface area contributed by atoms with Crippen LogP contribution in [0.25, 0.3) is 22.1 Å². The quantitative estimate of drug-likeness (QED) is 0.640. The van der Waals surface area contributed by atoms with Crippen molar-refractivity contribution < 1.29 is 22.4 Å². The number of anilines is 1. The molecule has 0 radical (unpaired) electrons. The van der Waals surface area contributed by atoms with E-state index in [0.29, 0.717) is 27.0 Å². The molecule has 0 bridgehead atoms. The van der Waals surface area contributed by atoms with Crippen molar-refractivity contribution in [1.82, 2.24) is 0 Å².